The fourth-order valence-electron chi connectivity index (χ4n) is 1.75. The van der Waals surface area contributed by atoms with E-state index in [1.807, 2.05) is 44.2 Å². The SMILES string of the molecule is Cc1cc(Br)ccc1Oc1ccc(CCl)cc1C. The number of alkyl halides is 1. The van der Waals surface area contributed by atoms with Crippen molar-refractivity contribution < 1.29 is 4.74 Å². The van der Waals surface area contributed by atoms with Crippen molar-refractivity contribution in [1.29, 1.82) is 0 Å². The van der Waals surface area contributed by atoms with Crippen LogP contribution in [0.1, 0.15) is 16.7 Å². The number of halogens is 2. The zero-order valence-electron chi connectivity index (χ0n) is 10.3. The van der Waals surface area contributed by atoms with Gasteiger partial charge in [0.15, 0.2) is 0 Å². The van der Waals surface area contributed by atoms with Crippen molar-refractivity contribution in [3.8, 4) is 11.5 Å². The molecule has 2 aromatic carbocycles. The number of hydrogen-bond acceptors (Lipinski definition) is 1. The fraction of sp³-hybridized carbons (Fsp3) is 0.200. The minimum Gasteiger partial charge on any atom is -0.457 e. The van der Waals surface area contributed by atoms with Crippen LogP contribution >= 0.6 is 27.5 Å². The van der Waals surface area contributed by atoms with Crippen molar-refractivity contribution in [2.75, 3.05) is 0 Å². The molecule has 3 heteroatoms. The second kappa shape index (κ2) is 5.77. The fourth-order valence-corrected chi connectivity index (χ4v) is 2.40. The molecule has 1 nitrogen and oxygen atoms in total. The van der Waals surface area contributed by atoms with Crippen molar-refractivity contribution in [3.05, 3.63) is 57.6 Å². The molecule has 0 unspecified atom stereocenters. The molecule has 0 aliphatic heterocycles. The second-order valence-corrected chi connectivity index (χ2v) is 5.43. The van der Waals surface area contributed by atoms with E-state index in [1.54, 1.807) is 0 Å². The Morgan fingerprint density at radius 3 is 2.17 bits per heavy atom. The Labute approximate surface area is 121 Å². The lowest BCUT2D eigenvalue weighted by atomic mass is 10.1. The standard InChI is InChI=1S/C15H14BrClO/c1-10-7-12(9-17)3-5-14(10)18-15-6-4-13(16)8-11(15)2/h3-8H,9H2,1-2H3. The number of benzene rings is 2. The van der Waals surface area contributed by atoms with Gasteiger partial charge in [-0.05, 0) is 54.8 Å². The molecular weight excluding hydrogens is 312 g/mol. The third-order valence-electron chi connectivity index (χ3n) is 2.75. The van der Waals surface area contributed by atoms with Crippen molar-refractivity contribution >= 4 is 27.5 Å². The molecule has 0 aliphatic rings. The highest BCUT2D eigenvalue weighted by Gasteiger charge is 2.05. The van der Waals surface area contributed by atoms with Crippen molar-refractivity contribution in [2.45, 2.75) is 19.7 Å². The highest BCUT2D eigenvalue weighted by molar-refractivity contribution is 9.10. The van der Waals surface area contributed by atoms with Crippen LogP contribution < -0.4 is 4.74 Å². The first-order chi connectivity index (χ1) is 8.60. The number of aryl methyl sites for hydroxylation is 2. The predicted molar refractivity (Wildman–Crippen MR) is 79.7 cm³/mol. The van der Waals surface area contributed by atoms with E-state index in [-0.39, 0.29) is 0 Å². The summed E-state index contributed by atoms with van der Waals surface area (Å²) in [5.41, 5.74) is 3.30. The summed E-state index contributed by atoms with van der Waals surface area (Å²) in [5.74, 6) is 2.27. The quantitative estimate of drug-likeness (QED) is 0.668. The van der Waals surface area contributed by atoms with Gasteiger partial charge in [0, 0.05) is 10.4 Å². The largest absolute Gasteiger partial charge is 0.457 e. The summed E-state index contributed by atoms with van der Waals surface area (Å²) in [6.07, 6.45) is 0. The van der Waals surface area contributed by atoms with Gasteiger partial charge in [0.05, 0.1) is 0 Å². The molecule has 0 N–H and O–H groups in total. The van der Waals surface area contributed by atoms with Crippen molar-refractivity contribution in [2.24, 2.45) is 0 Å². The van der Waals surface area contributed by atoms with Crippen LogP contribution in [-0.2, 0) is 5.88 Å². The highest BCUT2D eigenvalue weighted by Crippen LogP contribution is 2.30. The second-order valence-electron chi connectivity index (χ2n) is 4.25. The molecule has 0 radical (unpaired) electrons. The number of hydrogen-bond donors (Lipinski definition) is 0. The molecule has 0 aromatic heterocycles. The Morgan fingerprint density at radius 1 is 1.00 bits per heavy atom. The Bertz CT molecular complexity index is 566. The zero-order valence-corrected chi connectivity index (χ0v) is 12.7. The monoisotopic (exact) mass is 324 g/mol. The maximum Gasteiger partial charge on any atom is 0.130 e. The summed E-state index contributed by atoms with van der Waals surface area (Å²) in [4.78, 5) is 0. The average Bonchev–Trinajstić information content (AvgIpc) is 2.34. The smallest absolute Gasteiger partial charge is 0.130 e. The van der Waals surface area contributed by atoms with Crippen LogP contribution in [-0.4, -0.2) is 0 Å². The van der Waals surface area contributed by atoms with Crippen LogP contribution in [0.15, 0.2) is 40.9 Å². The van der Waals surface area contributed by atoms with E-state index in [9.17, 15) is 0 Å². The van der Waals surface area contributed by atoms with Crippen LogP contribution in [0.2, 0.25) is 0 Å². The molecule has 0 amide bonds. The van der Waals surface area contributed by atoms with Gasteiger partial charge in [-0.1, -0.05) is 28.1 Å². The lowest BCUT2D eigenvalue weighted by molar-refractivity contribution is 0.475. The molecule has 0 bridgehead atoms. The van der Waals surface area contributed by atoms with Crippen LogP contribution in [0, 0.1) is 13.8 Å². The lowest BCUT2D eigenvalue weighted by Gasteiger charge is -2.12. The first-order valence-corrected chi connectivity index (χ1v) is 7.02. The van der Waals surface area contributed by atoms with E-state index >= 15 is 0 Å². The van der Waals surface area contributed by atoms with Gasteiger partial charge in [-0.3, -0.25) is 0 Å². The van der Waals surface area contributed by atoms with Gasteiger partial charge in [-0.2, -0.15) is 0 Å². The summed E-state index contributed by atoms with van der Waals surface area (Å²) in [6, 6.07) is 12.0. The van der Waals surface area contributed by atoms with E-state index in [0.717, 1.165) is 32.7 Å². The summed E-state index contributed by atoms with van der Waals surface area (Å²) in [5, 5.41) is 0. The molecule has 2 aromatic rings. The minimum atomic E-state index is 0.526. The molecule has 18 heavy (non-hydrogen) atoms. The molecule has 0 saturated carbocycles. The van der Waals surface area contributed by atoms with E-state index < -0.39 is 0 Å². The normalized spacial score (nSPS) is 10.4. The summed E-state index contributed by atoms with van der Waals surface area (Å²) in [6.45, 7) is 4.06. The van der Waals surface area contributed by atoms with Crippen LogP contribution in [0.4, 0.5) is 0 Å². The predicted octanol–water partition coefficient (Wildman–Crippen LogP) is 5.60. The first kappa shape index (κ1) is 13.4. The molecule has 0 aliphatic carbocycles. The van der Waals surface area contributed by atoms with E-state index in [1.165, 1.54) is 0 Å². The third kappa shape index (κ3) is 3.06. The highest BCUT2D eigenvalue weighted by atomic mass is 79.9. The Hall–Kier alpha value is -0.990. The van der Waals surface area contributed by atoms with Crippen LogP contribution in [0.3, 0.4) is 0 Å². The summed E-state index contributed by atoms with van der Waals surface area (Å²) < 4.78 is 6.99. The van der Waals surface area contributed by atoms with E-state index in [4.69, 9.17) is 16.3 Å². The minimum absolute atomic E-state index is 0.526. The van der Waals surface area contributed by atoms with Gasteiger partial charge in [0.25, 0.3) is 0 Å². The van der Waals surface area contributed by atoms with E-state index in [0.29, 0.717) is 5.88 Å². The van der Waals surface area contributed by atoms with Gasteiger partial charge >= 0.3 is 0 Å². The average molecular weight is 326 g/mol. The zero-order chi connectivity index (χ0) is 13.1. The van der Waals surface area contributed by atoms with Gasteiger partial charge < -0.3 is 4.74 Å². The molecule has 94 valence electrons. The molecule has 2 rings (SSSR count). The van der Waals surface area contributed by atoms with Crippen LogP contribution in [0.5, 0.6) is 11.5 Å². The Kier molecular flexibility index (Phi) is 4.31. The van der Waals surface area contributed by atoms with Crippen molar-refractivity contribution in [3.63, 3.8) is 0 Å². The Balaban J connectivity index is 2.28. The number of rotatable bonds is 3. The molecular formula is C15H14BrClO. The van der Waals surface area contributed by atoms with Crippen molar-refractivity contribution in [1.82, 2.24) is 0 Å². The third-order valence-corrected chi connectivity index (χ3v) is 3.55. The summed E-state index contributed by atoms with van der Waals surface area (Å²) in [7, 11) is 0. The van der Waals surface area contributed by atoms with Gasteiger partial charge in [-0.15, -0.1) is 11.6 Å². The topological polar surface area (TPSA) is 9.23 Å². The van der Waals surface area contributed by atoms with Gasteiger partial charge in [0.2, 0.25) is 0 Å². The molecule has 0 fully saturated rings. The lowest BCUT2D eigenvalue weighted by Crippen LogP contribution is -1.91. The first-order valence-electron chi connectivity index (χ1n) is 5.69. The molecule has 0 saturated heterocycles. The maximum atomic E-state index is 5.93. The molecule has 0 spiro atoms. The Morgan fingerprint density at radius 2 is 1.61 bits per heavy atom. The number of ether oxygens (including phenoxy) is 1. The maximum absolute atomic E-state index is 5.93. The molecule has 0 atom stereocenters. The van der Waals surface area contributed by atoms with Gasteiger partial charge in [-0.25, -0.2) is 0 Å². The summed E-state index contributed by atoms with van der Waals surface area (Å²) >= 11 is 9.25. The van der Waals surface area contributed by atoms with Crippen LogP contribution in [0.25, 0.3) is 0 Å². The van der Waals surface area contributed by atoms with E-state index in [2.05, 4.69) is 22.0 Å². The molecule has 0 heterocycles. The van der Waals surface area contributed by atoms with Gasteiger partial charge in [0.1, 0.15) is 11.5 Å².